The Hall–Kier alpha value is -2.90. The summed E-state index contributed by atoms with van der Waals surface area (Å²) >= 11 is 6.21. The Morgan fingerprint density at radius 3 is 2.45 bits per heavy atom. The molecule has 0 aliphatic heterocycles. The second kappa shape index (κ2) is 5.84. The zero-order chi connectivity index (χ0) is 15.5. The van der Waals surface area contributed by atoms with Gasteiger partial charge in [-0.2, -0.15) is 5.26 Å². The number of nitrogens with two attached hydrogens (primary N) is 1. The molecule has 1 aromatic heterocycles. The molecule has 0 radical (unpaired) electrons. The van der Waals surface area contributed by atoms with E-state index in [1.807, 2.05) is 30.3 Å². The van der Waals surface area contributed by atoms with Gasteiger partial charge in [0.15, 0.2) is 0 Å². The van der Waals surface area contributed by atoms with Crippen molar-refractivity contribution in [2.45, 2.75) is 0 Å². The van der Waals surface area contributed by atoms with E-state index in [4.69, 9.17) is 22.6 Å². The van der Waals surface area contributed by atoms with Crippen LogP contribution in [0.5, 0.6) is 0 Å². The van der Waals surface area contributed by atoms with E-state index in [1.165, 1.54) is 0 Å². The number of nitrogens with zero attached hydrogens (tertiary/aromatic N) is 3. The molecule has 5 heteroatoms. The van der Waals surface area contributed by atoms with Gasteiger partial charge in [0.1, 0.15) is 11.5 Å². The molecular formula is C17H11ClN4. The zero-order valence-corrected chi connectivity index (χ0v) is 12.2. The molecule has 22 heavy (non-hydrogen) atoms. The van der Waals surface area contributed by atoms with Crippen molar-refractivity contribution >= 4 is 17.4 Å². The van der Waals surface area contributed by atoms with Crippen LogP contribution in [0.4, 0.5) is 5.82 Å². The maximum Gasteiger partial charge on any atom is 0.150 e. The Bertz CT molecular complexity index is 867. The smallest absolute Gasteiger partial charge is 0.150 e. The summed E-state index contributed by atoms with van der Waals surface area (Å²) < 4.78 is 0. The molecule has 0 saturated heterocycles. The lowest BCUT2D eigenvalue weighted by Crippen LogP contribution is -1.99. The number of rotatable bonds is 2. The first kappa shape index (κ1) is 14.1. The SMILES string of the molecule is N#Cc1ccc(-c2cnc(N)c(-c3ccccc3Cl)n2)cc1. The van der Waals surface area contributed by atoms with Crippen molar-refractivity contribution in [2.75, 3.05) is 5.73 Å². The fourth-order valence-corrected chi connectivity index (χ4v) is 2.33. The molecular weight excluding hydrogens is 296 g/mol. The largest absolute Gasteiger partial charge is 0.382 e. The molecule has 2 aromatic carbocycles. The van der Waals surface area contributed by atoms with Crippen molar-refractivity contribution in [3.8, 4) is 28.6 Å². The number of aromatic nitrogens is 2. The zero-order valence-electron chi connectivity index (χ0n) is 11.5. The van der Waals surface area contributed by atoms with Gasteiger partial charge < -0.3 is 5.73 Å². The van der Waals surface area contributed by atoms with Crippen LogP contribution < -0.4 is 5.73 Å². The van der Waals surface area contributed by atoms with Crippen molar-refractivity contribution in [3.63, 3.8) is 0 Å². The lowest BCUT2D eigenvalue weighted by atomic mass is 10.1. The molecule has 0 amide bonds. The predicted molar refractivity (Wildman–Crippen MR) is 87.0 cm³/mol. The van der Waals surface area contributed by atoms with Crippen LogP contribution in [-0.2, 0) is 0 Å². The van der Waals surface area contributed by atoms with Crippen molar-refractivity contribution in [3.05, 3.63) is 65.3 Å². The molecule has 4 nitrogen and oxygen atoms in total. The molecule has 0 bridgehead atoms. The number of anilines is 1. The predicted octanol–water partition coefficient (Wildman–Crippen LogP) is 3.92. The average Bonchev–Trinajstić information content (AvgIpc) is 2.56. The number of hydrogen-bond donors (Lipinski definition) is 1. The molecule has 0 aliphatic rings. The van der Waals surface area contributed by atoms with Crippen LogP contribution in [0.3, 0.4) is 0 Å². The van der Waals surface area contributed by atoms with Gasteiger partial charge in [0.05, 0.1) is 28.5 Å². The van der Waals surface area contributed by atoms with Gasteiger partial charge >= 0.3 is 0 Å². The van der Waals surface area contributed by atoms with Gasteiger partial charge in [0.2, 0.25) is 0 Å². The standard InChI is InChI=1S/C17H11ClN4/c18-14-4-2-1-3-13(14)16-17(20)21-10-15(22-16)12-7-5-11(9-19)6-8-12/h1-8,10H,(H2,20,21). The second-order valence-corrected chi connectivity index (χ2v) is 5.07. The van der Waals surface area contributed by atoms with E-state index in [9.17, 15) is 0 Å². The van der Waals surface area contributed by atoms with Gasteiger partial charge in [-0.25, -0.2) is 9.97 Å². The van der Waals surface area contributed by atoms with Crippen molar-refractivity contribution in [1.82, 2.24) is 9.97 Å². The summed E-state index contributed by atoms with van der Waals surface area (Å²) in [4.78, 5) is 8.78. The molecule has 3 rings (SSSR count). The average molecular weight is 307 g/mol. The number of nitrogen functional groups attached to an aromatic ring is 1. The normalized spacial score (nSPS) is 10.2. The number of nitriles is 1. The number of halogens is 1. The molecule has 0 saturated carbocycles. The third kappa shape index (κ3) is 2.62. The monoisotopic (exact) mass is 306 g/mol. The quantitative estimate of drug-likeness (QED) is 0.778. The van der Waals surface area contributed by atoms with Gasteiger partial charge in [0, 0.05) is 11.1 Å². The van der Waals surface area contributed by atoms with E-state index in [1.54, 1.807) is 24.4 Å². The first-order valence-corrected chi connectivity index (χ1v) is 6.95. The summed E-state index contributed by atoms with van der Waals surface area (Å²) in [6.07, 6.45) is 1.61. The van der Waals surface area contributed by atoms with Gasteiger partial charge in [-0.1, -0.05) is 41.9 Å². The molecule has 0 aliphatic carbocycles. The van der Waals surface area contributed by atoms with Crippen LogP contribution in [0.15, 0.2) is 54.7 Å². The van der Waals surface area contributed by atoms with E-state index in [0.29, 0.717) is 27.8 Å². The molecule has 0 spiro atoms. The first-order valence-electron chi connectivity index (χ1n) is 6.57. The maximum atomic E-state index is 8.85. The number of hydrogen-bond acceptors (Lipinski definition) is 4. The van der Waals surface area contributed by atoms with Gasteiger partial charge in [-0.05, 0) is 18.2 Å². The summed E-state index contributed by atoms with van der Waals surface area (Å²) in [6.45, 7) is 0. The third-order valence-electron chi connectivity index (χ3n) is 3.24. The summed E-state index contributed by atoms with van der Waals surface area (Å²) in [7, 11) is 0. The van der Waals surface area contributed by atoms with Gasteiger partial charge in [-0.3, -0.25) is 0 Å². The summed E-state index contributed by atoms with van der Waals surface area (Å²) in [6, 6.07) is 16.6. The topological polar surface area (TPSA) is 75.6 Å². The highest BCUT2D eigenvalue weighted by atomic mass is 35.5. The van der Waals surface area contributed by atoms with Crippen molar-refractivity contribution in [1.29, 1.82) is 5.26 Å². The second-order valence-electron chi connectivity index (χ2n) is 4.66. The van der Waals surface area contributed by atoms with Crippen molar-refractivity contribution in [2.24, 2.45) is 0 Å². The molecule has 0 fully saturated rings. The Kier molecular flexibility index (Phi) is 3.73. The fraction of sp³-hybridized carbons (Fsp3) is 0. The number of benzene rings is 2. The molecule has 0 unspecified atom stereocenters. The van der Waals surface area contributed by atoms with Crippen LogP contribution in [-0.4, -0.2) is 9.97 Å². The highest BCUT2D eigenvalue weighted by molar-refractivity contribution is 6.33. The van der Waals surface area contributed by atoms with E-state index in [2.05, 4.69) is 16.0 Å². The first-order chi connectivity index (χ1) is 10.7. The summed E-state index contributed by atoms with van der Waals surface area (Å²) in [5.74, 6) is 0.325. The Morgan fingerprint density at radius 1 is 1.05 bits per heavy atom. The molecule has 106 valence electrons. The lowest BCUT2D eigenvalue weighted by molar-refractivity contribution is 1.22. The highest BCUT2D eigenvalue weighted by Crippen LogP contribution is 2.31. The Morgan fingerprint density at radius 2 is 1.77 bits per heavy atom. The van der Waals surface area contributed by atoms with Gasteiger partial charge in [0.25, 0.3) is 0 Å². The van der Waals surface area contributed by atoms with E-state index in [0.717, 1.165) is 11.1 Å². The maximum absolute atomic E-state index is 8.85. The van der Waals surface area contributed by atoms with Crippen LogP contribution in [0, 0.1) is 11.3 Å². The van der Waals surface area contributed by atoms with Crippen LogP contribution in [0.1, 0.15) is 5.56 Å². The Balaban J connectivity index is 2.10. The Labute approximate surface area is 132 Å². The van der Waals surface area contributed by atoms with Gasteiger partial charge in [-0.15, -0.1) is 0 Å². The minimum atomic E-state index is 0.325. The summed E-state index contributed by atoms with van der Waals surface area (Å²) in [5.41, 5.74) is 9.36. The highest BCUT2D eigenvalue weighted by Gasteiger charge is 2.11. The fourth-order valence-electron chi connectivity index (χ4n) is 2.10. The molecule has 3 aromatic rings. The van der Waals surface area contributed by atoms with Crippen LogP contribution in [0.25, 0.3) is 22.5 Å². The van der Waals surface area contributed by atoms with E-state index >= 15 is 0 Å². The lowest BCUT2D eigenvalue weighted by Gasteiger charge is -2.08. The third-order valence-corrected chi connectivity index (χ3v) is 3.57. The minimum Gasteiger partial charge on any atom is -0.382 e. The van der Waals surface area contributed by atoms with E-state index in [-0.39, 0.29) is 0 Å². The molecule has 2 N–H and O–H groups in total. The minimum absolute atomic E-state index is 0.325. The van der Waals surface area contributed by atoms with Crippen LogP contribution >= 0.6 is 11.6 Å². The molecule has 1 heterocycles. The van der Waals surface area contributed by atoms with Crippen molar-refractivity contribution < 1.29 is 0 Å². The summed E-state index contributed by atoms with van der Waals surface area (Å²) in [5, 5.41) is 9.42. The van der Waals surface area contributed by atoms with E-state index < -0.39 is 0 Å². The van der Waals surface area contributed by atoms with Crippen LogP contribution in [0.2, 0.25) is 5.02 Å². The molecule has 0 atom stereocenters.